The van der Waals surface area contributed by atoms with E-state index < -0.39 is 7.80 Å². The molecule has 0 aromatic carbocycles. The molecule has 0 aromatic heterocycles. The summed E-state index contributed by atoms with van der Waals surface area (Å²) in [7, 11) is -0.941. The van der Waals surface area contributed by atoms with Crippen LogP contribution in [0, 0.1) is 11.3 Å². The molecule has 94 valence electrons. The van der Waals surface area contributed by atoms with E-state index in [4.69, 9.17) is 0 Å². The minimum absolute atomic E-state index is 0.377. The van der Waals surface area contributed by atoms with Gasteiger partial charge >= 0.3 is 7.80 Å². The van der Waals surface area contributed by atoms with E-state index in [1.165, 1.54) is 38.5 Å². The van der Waals surface area contributed by atoms with Gasteiger partial charge in [0, 0.05) is 5.92 Å². The molecule has 16 heavy (non-hydrogen) atoms. The van der Waals surface area contributed by atoms with Crippen molar-refractivity contribution in [1.82, 2.24) is 0 Å². The van der Waals surface area contributed by atoms with Crippen molar-refractivity contribution < 1.29 is 4.57 Å². The lowest BCUT2D eigenvalue weighted by molar-refractivity contribution is 0.321. The van der Waals surface area contributed by atoms with Crippen molar-refractivity contribution in [2.24, 2.45) is 11.3 Å². The van der Waals surface area contributed by atoms with Gasteiger partial charge in [-0.05, 0) is 37.5 Å². The summed E-state index contributed by atoms with van der Waals surface area (Å²) in [6.45, 7) is 9.09. The molecular formula is C14H28OP+. The first-order valence-electron chi connectivity index (χ1n) is 6.82. The van der Waals surface area contributed by atoms with Crippen LogP contribution in [-0.2, 0) is 4.57 Å². The van der Waals surface area contributed by atoms with E-state index in [-0.39, 0.29) is 0 Å². The molecule has 1 nitrogen and oxygen atoms in total. The van der Waals surface area contributed by atoms with Crippen molar-refractivity contribution in [1.29, 1.82) is 0 Å². The van der Waals surface area contributed by atoms with E-state index in [1.54, 1.807) is 0 Å². The Labute approximate surface area is 102 Å². The van der Waals surface area contributed by atoms with Crippen LogP contribution in [0.5, 0.6) is 0 Å². The third kappa shape index (κ3) is 5.43. The topological polar surface area (TPSA) is 17.1 Å². The fraction of sp³-hybridized carbons (Fsp3) is 1.00. The molecule has 0 aliphatic heterocycles. The molecule has 0 heterocycles. The van der Waals surface area contributed by atoms with Crippen LogP contribution in [0.1, 0.15) is 66.2 Å². The van der Waals surface area contributed by atoms with Crippen molar-refractivity contribution in [2.45, 2.75) is 71.9 Å². The summed E-state index contributed by atoms with van der Waals surface area (Å²) in [5.74, 6) is 0.616. The molecule has 2 heteroatoms. The van der Waals surface area contributed by atoms with E-state index in [9.17, 15) is 4.57 Å². The second kappa shape index (κ2) is 6.15. The normalized spacial score (nSPS) is 21.9. The second-order valence-electron chi connectivity index (χ2n) is 6.76. The third-order valence-corrected chi connectivity index (χ3v) is 5.75. The summed E-state index contributed by atoms with van der Waals surface area (Å²) < 4.78 is 12.2. The van der Waals surface area contributed by atoms with Crippen LogP contribution >= 0.6 is 7.80 Å². The van der Waals surface area contributed by atoms with Crippen molar-refractivity contribution in [2.75, 3.05) is 6.16 Å². The van der Waals surface area contributed by atoms with Gasteiger partial charge in [-0.3, -0.25) is 0 Å². The van der Waals surface area contributed by atoms with Gasteiger partial charge in [0.2, 0.25) is 0 Å². The lowest BCUT2D eigenvalue weighted by atomic mass is 9.86. The quantitative estimate of drug-likeness (QED) is 0.619. The molecule has 0 saturated heterocycles. The van der Waals surface area contributed by atoms with Crippen molar-refractivity contribution in [3.05, 3.63) is 0 Å². The van der Waals surface area contributed by atoms with Gasteiger partial charge in [0.1, 0.15) is 6.16 Å². The maximum Gasteiger partial charge on any atom is 0.342 e. The fourth-order valence-electron chi connectivity index (χ4n) is 2.94. The zero-order valence-electron chi connectivity index (χ0n) is 11.5. The summed E-state index contributed by atoms with van der Waals surface area (Å²) >= 11 is 0. The van der Waals surface area contributed by atoms with Crippen molar-refractivity contribution in [3.8, 4) is 0 Å². The van der Waals surface area contributed by atoms with Crippen LogP contribution in [0.15, 0.2) is 0 Å². The summed E-state index contributed by atoms with van der Waals surface area (Å²) in [6, 6.07) is 0. The molecule has 0 spiro atoms. The smallest absolute Gasteiger partial charge is 0.0745 e. The zero-order chi connectivity index (χ0) is 12.2. The molecule has 1 aliphatic carbocycles. The van der Waals surface area contributed by atoms with Crippen molar-refractivity contribution >= 4 is 7.80 Å². The maximum absolute atomic E-state index is 12.2. The standard InChI is InChI=1S/C14H28OP/c1-12(10-14(2,3)4)11-16(15)13-8-6-5-7-9-13/h12-13H,5-11H2,1-4H3/q+1. The van der Waals surface area contributed by atoms with E-state index in [0.29, 0.717) is 17.0 Å². The Morgan fingerprint density at radius 2 is 1.75 bits per heavy atom. The van der Waals surface area contributed by atoms with Crippen LogP contribution in [-0.4, -0.2) is 11.8 Å². The molecule has 2 unspecified atom stereocenters. The highest BCUT2D eigenvalue weighted by molar-refractivity contribution is 7.45. The summed E-state index contributed by atoms with van der Waals surface area (Å²) in [5, 5.41) is 0. The highest BCUT2D eigenvalue weighted by Gasteiger charge is 2.33. The molecule has 1 fully saturated rings. The van der Waals surface area contributed by atoms with Crippen LogP contribution in [0.2, 0.25) is 0 Å². The largest absolute Gasteiger partial charge is 0.342 e. The number of hydrogen-bond acceptors (Lipinski definition) is 1. The number of hydrogen-bond donors (Lipinski definition) is 0. The Bertz CT molecular complexity index is 223. The second-order valence-corrected chi connectivity index (χ2v) is 8.69. The minimum atomic E-state index is -0.941. The molecule has 0 N–H and O–H groups in total. The van der Waals surface area contributed by atoms with E-state index in [1.807, 2.05) is 0 Å². The van der Waals surface area contributed by atoms with Crippen LogP contribution in [0.4, 0.5) is 0 Å². The SMILES string of the molecule is CC(C[P+](=O)C1CCCCC1)CC(C)(C)C. The van der Waals surface area contributed by atoms with E-state index >= 15 is 0 Å². The van der Waals surface area contributed by atoms with Gasteiger partial charge in [0.05, 0.1) is 0 Å². The fourth-order valence-corrected chi connectivity index (χ4v) is 4.92. The Hall–Kier alpha value is 0.100. The molecule has 0 amide bonds. The van der Waals surface area contributed by atoms with Crippen LogP contribution < -0.4 is 0 Å². The average molecular weight is 243 g/mol. The van der Waals surface area contributed by atoms with Gasteiger partial charge in [0.15, 0.2) is 5.66 Å². The molecule has 0 radical (unpaired) electrons. The predicted octanol–water partition coefficient (Wildman–Crippen LogP) is 5.22. The molecular weight excluding hydrogens is 215 g/mol. The van der Waals surface area contributed by atoms with Gasteiger partial charge in [-0.1, -0.05) is 38.7 Å². The van der Waals surface area contributed by atoms with Crippen molar-refractivity contribution in [3.63, 3.8) is 0 Å². The summed E-state index contributed by atoms with van der Waals surface area (Å²) in [4.78, 5) is 0. The predicted molar refractivity (Wildman–Crippen MR) is 72.6 cm³/mol. The Morgan fingerprint density at radius 1 is 1.19 bits per heavy atom. The van der Waals surface area contributed by atoms with Gasteiger partial charge in [-0.15, -0.1) is 0 Å². The first-order valence-corrected chi connectivity index (χ1v) is 8.33. The first kappa shape index (κ1) is 14.2. The maximum atomic E-state index is 12.2. The highest BCUT2D eigenvalue weighted by Crippen LogP contribution is 2.41. The Balaban J connectivity index is 2.32. The summed E-state index contributed by atoms with van der Waals surface area (Å²) in [5.41, 5.74) is 0.925. The number of rotatable bonds is 4. The van der Waals surface area contributed by atoms with Crippen LogP contribution in [0.3, 0.4) is 0 Å². The highest BCUT2D eigenvalue weighted by atomic mass is 31.1. The van der Waals surface area contributed by atoms with Crippen LogP contribution in [0.25, 0.3) is 0 Å². The Kier molecular flexibility index (Phi) is 5.44. The van der Waals surface area contributed by atoms with E-state index in [0.717, 1.165) is 6.16 Å². The van der Waals surface area contributed by atoms with E-state index in [2.05, 4.69) is 27.7 Å². The zero-order valence-corrected chi connectivity index (χ0v) is 12.4. The lowest BCUT2D eigenvalue weighted by Gasteiger charge is -2.21. The average Bonchev–Trinajstić information content (AvgIpc) is 2.16. The third-order valence-electron chi connectivity index (χ3n) is 3.43. The van der Waals surface area contributed by atoms with Gasteiger partial charge in [-0.2, -0.15) is 0 Å². The van der Waals surface area contributed by atoms with Gasteiger partial charge < -0.3 is 0 Å². The Morgan fingerprint density at radius 3 is 2.25 bits per heavy atom. The van der Waals surface area contributed by atoms with Gasteiger partial charge in [0.25, 0.3) is 0 Å². The minimum Gasteiger partial charge on any atom is -0.0745 e. The molecule has 1 aliphatic rings. The summed E-state index contributed by atoms with van der Waals surface area (Å²) in [6.07, 6.45) is 8.56. The monoisotopic (exact) mass is 243 g/mol. The molecule has 0 bridgehead atoms. The molecule has 2 atom stereocenters. The van der Waals surface area contributed by atoms with Gasteiger partial charge in [-0.25, -0.2) is 0 Å². The molecule has 1 saturated carbocycles. The first-order chi connectivity index (χ1) is 7.38. The molecule has 1 rings (SSSR count). The lowest BCUT2D eigenvalue weighted by Crippen LogP contribution is -2.15. The molecule has 0 aromatic rings.